The van der Waals surface area contributed by atoms with Gasteiger partial charge in [0, 0.05) is 64.9 Å². The Hall–Kier alpha value is -4.70. The van der Waals surface area contributed by atoms with Crippen LogP contribution in [0.1, 0.15) is 65.0 Å². The van der Waals surface area contributed by atoms with Crippen molar-refractivity contribution in [2.45, 2.75) is 58.4 Å². The minimum absolute atomic E-state index is 0.0908. The van der Waals surface area contributed by atoms with Gasteiger partial charge in [0.15, 0.2) is 0 Å². The molecule has 3 N–H and O–H groups in total. The Kier molecular flexibility index (Phi) is 13.0. The number of allylic oxidation sites excluding steroid dienone is 2. The average Bonchev–Trinajstić information content (AvgIpc) is 3.51. The lowest BCUT2D eigenvalue weighted by Gasteiger charge is -2.41. The number of nitrogens with zero attached hydrogens (tertiary/aromatic N) is 4. The molecular weight excluding hydrogens is 739 g/mol. The van der Waals surface area contributed by atoms with Crippen LogP contribution in [0.3, 0.4) is 0 Å². The number of likely N-dealkylation sites (tertiary alicyclic amines) is 1. The van der Waals surface area contributed by atoms with Crippen molar-refractivity contribution in [3.63, 3.8) is 0 Å². The van der Waals surface area contributed by atoms with Gasteiger partial charge in [0.05, 0.1) is 22.9 Å². The molecule has 13 heteroatoms. The summed E-state index contributed by atoms with van der Waals surface area (Å²) in [6.07, 6.45) is 11.5. The van der Waals surface area contributed by atoms with E-state index < -0.39 is 17.6 Å². The van der Waals surface area contributed by atoms with Gasteiger partial charge in [-0.25, -0.2) is 0 Å². The number of rotatable bonds is 15. The third kappa shape index (κ3) is 9.40. The summed E-state index contributed by atoms with van der Waals surface area (Å²) in [5.74, 6) is -0.0249. The van der Waals surface area contributed by atoms with Gasteiger partial charge in [-0.2, -0.15) is 10.4 Å². The van der Waals surface area contributed by atoms with Crippen molar-refractivity contribution in [2.75, 3.05) is 33.4 Å². The number of ether oxygens (including phenoxy) is 3. The normalized spacial score (nSPS) is 20.4. The Morgan fingerprint density at radius 2 is 1.98 bits per heavy atom. The topological polar surface area (TPSA) is 146 Å². The summed E-state index contributed by atoms with van der Waals surface area (Å²) in [5, 5.41) is 30.8. The van der Waals surface area contributed by atoms with Crippen molar-refractivity contribution in [1.82, 2.24) is 25.4 Å². The Bertz CT molecular complexity index is 2090. The molecule has 0 amide bonds. The fourth-order valence-corrected chi connectivity index (χ4v) is 7.89. The Labute approximate surface area is 331 Å². The van der Waals surface area contributed by atoms with Crippen molar-refractivity contribution in [3.8, 4) is 17.6 Å². The van der Waals surface area contributed by atoms with Crippen LogP contribution in [0.2, 0.25) is 10.0 Å². The van der Waals surface area contributed by atoms with Gasteiger partial charge in [0.2, 0.25) is 0 Å². The van der Waals surface area contributed by atoms with Crippen LogP contribution < -0.4 is 14.8 Å². The summed E-state index contributed by atoms with van der Waals surface area (Å²) in [6, 6.07) is 14.0. The number of pyridine rings is 1. The molecule has 1 aliphatic carbocycles. The highest BCUT2D eigenvalue weighted by molar-refractivity contribution is 6.32. The fourth-order valence-electron chi connectivity index (χ4n) is 7.40. The summed E-state index contributed by atoms with van der Waals surface area (Å²) in [6.45, 7) is 8.60. The highest BCUT2D eigenvalue weighted by Crippen LogP contribution is 2.43. The van der Waals surface area contributed by atoms with Gasteiger partial charge in [-0.3, -0.25) is 20.2 Å². The molecule has 0 bridgehead atoms. The number of nitriles is 1. The van der Waals surface area contributed by atoms with Crippen LogP contribution in [-0.4, -0.2) is 70.1 Å². The number of hydrogen-bond acceptors (Lipinski definition) is 9. The first-order chi connectivity index (χ1) is 26.5. The lowest BCUT2D eigenvalue weighted by molar-refractivity contribution is -0.139. The molecule has 1 saturated heterocycles. The van der Waals surface area contributed by atoms with Crippen molar-refractivity contribution in [3.05, 3.63) is 122 Å². The quantitative estimate of drug-likeness (QED) is 0.109. The summed E-state index contributed by atoms with van der Waals surface area (Å²) in [5.41, 5.74) is 4.62. The van der Waals surface area contributed by atoms with E-state index in [2.05, 4.69) is 57.6 Å². The van der Waals surface area contributed by atoms with Gasteiger partial charge in [-0.05, 0) is 81.6 Å². The molecular formula is C42H46Cl2N6O5. The van der Waals surface area contributed by atoms with E-state index in [1.807, 2.05) is 30.3 Å². The molecule has 0 radical (unpaired) electrons. The van der Waals surface area contributed by atoms with E-state index in [0.29, 0.717) is 67.7 Å². The maximum absolute atomic E-state index is 12.4. The number of H-pyrrole nitrogens is 1. The van der Waals surface area contributed by atoms with E-state index in [0.717, 1.165) is 37.1 Å². The summed E-state index contributed by atoms with van der Waals surface area (Å²) >= 11 is 13.7. The summed E-state index contributed by atoms with van der Waals surface area (Å²) in [4.78, 5) is 19.0. The standard InChI is InChI=1S/C42H46Cl2N6O5/c1-26-33(34-10-5-6-12-35(34)43)11-7-13-42(26,55-24-29-9-8-14-50(4)22-29)25-54-38-17-37(53-23-31-15-30(18-45)19-46-20-31)32(16-36(38)44)21-47-40(41(51)52)39-27(2)48-49-28(39)3/h5-7,10-13,15-17,19-20,26,29,40,47H,8-9,14,21-25H2,1-4H3,(H,48,49)(H,51,52). The number of piperidine rings is 1. The second kappa shape index (κ2) is 17.8. The van der Waals surface area contributed by atoms with Gasteiger partial charge >= 0.3 is 5.97 Å². The molecule has 11 nitrogen and oxygen atoms in total. The summed E-state index contributed by atoms with van der Waals surface area (Å²) in [7, 11) is 2.14. The molecule has 1 fully saturated rings. The van der Waals surface area contributed by atoms with Gasteiger partial charge in [0.1, 0.15) is 42.4 Å². The van der Waals surface area contributed by atoms with Crippen molar-refractivity contribution in [1.29, 1.82) is 5.26 Å². The van der Waals surface area contributed by atoms with Gasteiger partial charge < -0.3 is 24.2 Å². The third-order valence-electron chi connectivity index (χ3n) is 10.5. The number of benzene rings is 2. The first-order valence-electron chi connectivity index (χ1n) is 18.3. The van der Waals surface area contributed by atoms with Gasteiger partial charge in [-0.15, -0.1) is 0 Å². The van der Waals surface area contributed by atoms with Gasteiger partial charge in [0.25, 0.3) is 0 Å². The number of halogens is 2. The lowest BCUT2D eigenvalue weighted by atomic mass is 9.77. The molecule has 4 aromatic rings. The van der Waals surface area contributed by atoms with Crippen LogP contribution in [0, 0.1) is 37.0 Å². The maximum atomic E-state index is 12.4. The number of aromatic nitrogens is 3. The van der Waals surface area contributed by atoms with E-state index in [-0.39, 0.29) is 25.7 Å². The second-order valence-electron chi connectivity index (χ2n) is 14.4. The minimum Gasteiger partial charge on any atom is -0.489 e. The number of carbonyl (C=O) groups is 1. The Morgan fingerprint density at radius 3 is 2.71 bits per heavy atom. The van der Waals surface area contributed by atoms with Crippen LogP contribution in [0.4, 0.5) is 0 Å². The molecule has 0 saturated carbocycles. The maximum Gasteiger partial charge on any atom is 0.325 e. The number of aryl methyl sites for hydroxylation is 2. The molecule has 288 valence electrons. The predicted molar refractivity (Wildman–Crippen MR) is 212 cm³/mol. The van der Waals surface area contributed by atoms with E-state index in [1.165, 1.54) is 6.20 Å². The number of hydrogen-bond donors (Lipinski definition) is 3. The van der Waals surface area contributed by atoms with E-state index in [9.17, 15) is 15.2 Å². The van der Waals surface area contributed by atoms with Crippen molar-refractivity contribution < 1.29 is 24.1 Å². The zero-order valence-electron chi connectivity index (χ0n) is 31.4. The summed E-state index contributed by atoms with van der Waals surface area (Å²) < 4.78 is 19.9. The average molecular weight is 786 g/mol. The molecule has 55 heavy (non-hydrogen) atoms. The molecule has 2 aromatic carbocycles. The molecule has 6 rings (SSSR count). The molecule has 4 unspecified atom stereocenters. The van der Waals surface area contributed by atoms with Crippen LogP contribution in [0.25, 0.3) is 5.57 Å². The minimum atomic E-state index is -1.05. The van der Waals surface area contributed by atoms with Crippen molar-refractivity contribution >= 4 is 34.7 Å². The first kappa shape index (κ1) is 40.0. The second-order valence-corrected chi connectivity index (χ2v) is 15.2. The fraction of sp³-hybridized carbons (Fsp3) is 0.381. The van der Waals surface area contributed by atoms with Crippen LogP contribution in [0.15, 0.2) is 73.1 Å². The van der Waals surface area contributed by atoms with E-state index in [1.54, 1.807) is 38.2 Å². The number of nitrogens with one attached hydrogen (secondary N) is 2. The monoisotopic (exact) mass is 784 g/mol. The highest BCUT2D eigenvalue weighted by Gasteiger charge is 2.41. The highest BCUT2D eigenvalue weighted by atomic mass is 35.5. The molecule has 3 heterocycles. The molecule has 2 aromatic heterocycles. The predicted octanol–water partition coefficient (Wildman–Crippen LogP) is 7.86. The smallest absolute Gasteiger partial charge is 0.325 e. The zero-order valence-corrected chi connectivity index (χ0v) is 33.0. The lowest BCUT2D eigenvalue weighted by Crippen LogP contribution is -2.47. The van der Waals surface area contributed by atoms with E-state index in [4.69, 9.17) is 37.4 Å². The third-order valence-corrected chi connectivity index (χ3v) is 11.1. The van der Waals surface area contributed by atoms with Crippen LogP contribution >= 0.6 is 23.2 Å². The molecule has 0 spiro atoms. The zero-order chi connectivity index (χ0) is 39.1. The Morgan fingerprint density at radius 1 is 1.16 bits per heavy atom. The molecule has 1 aliphatic heterocycles. The van der Waals surface area contributed by atoms with Crippen LogP contribution in [-0.2, 0) is 22.7 Å². The number of aliphatic carboxylic acids is 1. The Balaban J connectivity index is 1.30. The largest absolute Gasteiger partial charge is 0.489 e. The molecule has 4 atom stereocenters. The SMILES string of the molecule is Cc1n[nH]c(C)c1C(NCc1cc(Cl)c(OCC2(OCC3CCCN(C)C3)C=CC=C(c3ccccc3Cl)C2C)cc1OCc1cncc(C#N)c1)C(=O)O. The first-order valence-corrected chi connectivity index (χ1v) is 19.1. The van der Waals surface area contributed by atoms with E-state index >= 15 is 0 Å². The molecule has 2 aliphatic rings. The number of carboxylic acids is 1. The number of aromatic amines is 1. The van der Waals surface area contributed by atoms with Gasteiger partial charge in [-0.1, -0.05) is 60.5 Å². The van der Waals surface area contributed by atoms with Crippen molar-refractivity contribution in [2.24, 2.45) is 11.8 Å². The number of carboxylic acid groups (broad SMARTS) is 1. The van der Waals surface area contributed by atoms with Crippen LogP contribution in [0.5, 0.6) is 11.5 Å².